The van der Waals surface area contributed by atoms with Crippen LogP contribution in [0.1, 0.15) is 38.2 Å². The molecule has 0 saturated heterocycles. The van der Waals surface area contributed by atoms with Gasteiger partial charge in [-0.15, -0.1) is 0 Å². The van der Waals surface area contributed by atoms with Gasteiger partial charge in [0.25, 0.3) is 0 Å². The smallest absolute Gasteiger partial charge is 0.230 e. The number of hydrogen-bond donors (Lipinski definition) is 1. The Morgan fingerprint density at radius 3 is 2.57 bits per heavy atom. The van der Waals surface area contributed by atoms with Gasteiger partial charge >= 0.3 is 0 Å². The minimum absolute atomic E-state index is 0.164. The summed E-state index contributed by atoms with van der Waals surface area (Å²) in [6, 6.07) is 7.67. The predicted molar refractivity (Wildman–Crippen MR) is 87.0 cm³/mol. The molecule has 2 N–H and O–H groups in total. The van der Waals surface area contributed by atoms with Crippen LogP contribution in [0, 0.1) is 11.3 Å². The Morgan fingerprint density at radius 2 is 2.00 bits per heavy atom. The molecule has 1 aliphatic rings. The van der Waals surface area contributed by atoms with Crippen LogP contribution >= 0.6 is 11.6 Å². The van der Waals surface area contributed by atoms with Crippen LogP contribution in [-0.4, -0.2) is 24.4 Å². The molecule has 21 heavy (non-hydrogen) atoms. The summed E-state index contributed by atoms with van der Waals surface area (Å²) in [5.41, 5.74) is 6.58. The number of amides is 1. The van der Waals surface area contributed by atoms with Crippen LogP contribution < -0.4 is 5.73 Å². The SMILES string of the molecule is CC1CCC(CN)(C(=O)N(C)Cc2ccccc2Cl)CC1. The van der Waals surface area contributed by atoms with E-state index in [2.05, 4.69) is 6.92 Å². The van der Waals surface area contributed by atoms with Crippen LogP contribution in [0.4, 0.5) is 0 Å². The van der Waals surface area contributed by atoms with Gasteiger partial charge in [-0.2, -0.15) is 0 Å². The highest BCUT2D eigenvalue weighted by molar-refractivity contribution is 6.31. The van der Waals surface area contributed by atoms with Gasteiger partial charge in [-0.05, 0) is 43.2 Å². The highest BCUT2D eigenvalue weighted by Crippen LogP contribution is 2.39. The lowest BCUT2D eigenvalue weighted by Gasteiger charge is -2.39. The quantitative estimate of drug-likeness (QED) is 0.926. The van der Waals surface area contributed by atoms with Crippen LogP contribution in [0.3, 0.4) is 0 Å². The molecule has 0 atom stereocenters. The van der Waals surface area contributed by atoms with Gasteiger partial charge in [-0.25, -0.2) is 0 Å². The van der Waals surface area contributed by atoms with Crippen molar-refractivity contribution in [2.45, 2.75) is 39.2 Å². The zero-order chi connectivity index (χ0) is 15.5. The third kappa shape index (κ3) is 3.58. The number of carbonyl (C=O) groups is 1. The second kappa shape index (κ2) is 6.80. The molecule has 0 bridgehead atoms. The molecule has 1 amide bonds. The molecule has 0 aliphatic heterocycles. The zero-order valence-electron chi connectivity index (χ0n) is 12.9. The first-order chi connectivity index (χ1) is 9.98. The minimum Gasteiger partial charge on any atom is -0.341 e. The molecule has 0 spiro atoms. The van der Waals surface area contributed by atoms with Crippen molar-refractivity contribution in [3.63, 3.8) is 0 Å². The first-order valence-electron chi connectivity index (χ1n) is 7.67. The molecule has 0 heterocycles. The summed E-state index contributed by atoms with van der Waals surface area (Å²) in [5, 5.41) is 0.705. The Bertz CT molecular complexity index is 495. The minimum atomic E-state index is -0.373. The topological polar surface area (TPSA) is 46.3 Å². The molecular formula is C17H25ClN2O. The molecule has 0 unspecified atom stereocenters. The summed E-state index contributed by atoms with van der Waals surface area (Å²) < 4.78 is 0. The van der Waals surface area contributed by atoms with Crippen molar-refractivity contribution in [3.8, 4) is 0 Å². The van der Waals surface area contributed by atoms with E-state index in [0.717, 1.165) is 31.2 Å². The molecule has 1 aromatic rings. The van der Waals surface area contributed by atoms with Crippen molar-refractivity contribution in [1.29, 1.82) is 0 Å². The van der Waals surface area contributed by atoms with E-state index in [1.165, 1.54) is 0 Å². The van der Waals surface area contributed by atoms with Crippen LogP contribution in [-0.2, 0) is 11.3 Å². The molecule has 1 aliphatic carbocycles. The Labute approximate surface area is 132 Å². The number of nitrogens with two attached hydrogens (primary N) is 1. The molecule has 4 heteroatoms. The lowest BCUT2D eigenvalue weighted by molar-refractivity contribution is -0.143. The van der Waals surface area contributed by atoms with Crippen molar-refractivity contribution in [1.82, 2.24) is 4.90 Å². The molecule has 0 aromatic heterocycles. The van der Waals surface area contributed by atoms with E-state index < -0.39 is 0 Å². The number of nitrogens with zero attached hydrogens (tertiary/aromatic N) is 1. The Morgan fingerprint density at radius 1 is 1.38 bits per heavy atom. The molecular weight excluding hydrogens is 284 g/mol. The van der Waals surface area contributed by atoms with Crippen molar-refractivity contribution in [2.24, 2.45) is 17.1 Å². The van der Waals surface area contributed by atoms with Gasteiger partial charge in [-0.1, -0.05) is 36.7 Å². The van der Waals surface area contributed by atoms with Gasteiger partial charge in [0.05, 0.1) is 5.41 Å². The molecule has 1 aromatic carbocycles. The summed E-state index contributed by atoms with van der Waals surface area (Å²) in [4.78, 5) is 14.7. The molecule has 3 nitrogen and oxygen atoms in total. The second-order valence-corrected chi connectivity index (χ2v) is 6.83. The van der Waals surface area contributed by atoms with Gasteiger partial charge in [0.1, 0.15) is 0 Å². The maximum Gasteiger partial charge on any atom is 0.230 e. The van der Waals surface area contributed by atoms with E-state index >= 15 is 0 Å². The summed E-state index contributed by atoms with van der Waals surface area (Å²) in [6.07, 6.45) is 3.97. The van der Waals surface area contributed by atoms with Gasteiger partial charge in [0.15, 0.2) is 0 Å². The molecule has 0 radical (unpaired) electrons. The van der Waals surface area contributed by atoms with E-state index in [4.69, 9.17) is 17.3 Å². The lowest BCUT2D eigenvalue weighted by Crippen LogP contribution is -2.48. The normalized spacial score (nSPS) is 25.6. The highest BCUT2D eigenvalue weighted by Gasteiger charge is 2.41. The first kappa shape index (κ1) is 16.3. The standard InChI is InChI=1S/C17H25ClN2O/c1-13-7-9-17(12-19,10-8-13)16(21)20(2)11-14-5-3-4-6-15(14)18/h3-6,13H,7-12,19H2,1-2H3. The number of benzene rings is 1. The van der Waals surface area contributed by atoms with Crippen molar-refractivity contribution in [2.75, 3.05) is 13.6 Å². The molecule has 1 saturated carbocycles. The first-order valence-corrected chi connectivity index (χ1v) is 8.05. The summed E-state index contributed by atoms with van der Waals surface area (Å²) >= 11 is 6.18. The third-order valence-corrected chi connectivity index (χ3v) is 5.16. The zero-order valence-corrected chi connectivity index (χ0v) is 13.7. The maximum absolute atomic E-state index is 12.9. The van der Waals surface area contributed by atoms with E-state index in [0.29, 0.717) is 24.0 Å². The summed E-state index contributed by atoms with van der Waals surface area (Å²) in [6.45, 7) is 3.22. The lowest BCUT2D eigenvalue weighted by atomic mass is 9.70. The van der Waals surface area contributed by atoms with Crippen molar-refractivity contribution < 1.29 is 4.79 Å². The summed E-state index contributed by atoms with van der Waals surface area (Å²) in [7, 11) is 1.85. The fourth-order valence-electron chi connectivity index (χ4n) is 3.18. The molecule has 116 valence electrons. The van der Waals surface area contributed by atoms with E-state index in [1.807, 2.05) is 31.3 Å². The number of rotatable bonds is 4. The maximum atomic E-state index is 12.9. The number of carbonyl (C=O) groups excluding carboxylic acids is 1. The fourth-order valence-corrected chi connectivity index (χ4v) is 3.37. The third-order valence-electron chi connectivity index (χ3n) is 4.79. The van der Waals surface area contributed by atoms with E-state index in [-0.39, 0.29) is 11.3 Å². The highest BCUT2D eigenvalue weighted by atomic mass is 35.5. The Hall–Kier alpha value is -1.06. The predicted octanol–water partition coefficient (Wildman–Crippen LogP) is 3.45. The van der Waals surface area contributed by atoms with Crippen LogP contribution in [0.2, 0.25) is 5.02 Å². The average molecular weight is 309 g/mol. The van der Waals surface area contributed by atoms with E-state index in [9.17, 15) is 4.79 Å². The molecule has 1 fully saturated rings. The summed E-state index contributed by atoms with van der Waals surface area (Å²) in [5.74, 6) is 0.864. The molecule has 2 rings (SSSR count). The monoisotopic (exact) mass is 308 g/mol. The van der Waals surface area contributed by atoms with Crippen molar-refractivity contribution in [3.05, 3.63) is 34.9 Å². The Kier molecular flexibility index (Phi) is 5.28. The second-order valence-electron chi connectivity index (χ2n) is 6.42. The van der Waals surface area contributed by atoms with Gasteiger partial charge in [0.2, 0.25) is 5.91 Å². The van der Waals surface area contributed by atoms with Gasteiger partial charge < -0.3 is 10.6 Å². The largest absolute Gasteiger partial charge is 0.341 e. The van der Waals surface area contributed by atoms with Crippen LogP contribution in [0.25, 0.3) is 0 Å². The number of halogens is 1. The van der Waals surface area contributed by atoms with Crippen LogP contribution in [0.5, 0.6) is 0 Å². The van der Waals surface area contributed by atoms with Crippen molar-refractivity contribution >= 4 is 17.5 Å². The fraction of sp³-hybridized carbons (Fsp3) is 0.588. The Balaban J connectivity index is 2.09. The average Bonchev–Trinajstić information content (AvgIpc) is 2.50. The van der Waals surface area contributed by atoms with Gasteiger partial charge in [-0.3, -0.25) is 4.79 Å². The van der Waals surface area contributed by atoms with Crippen LogP contribution in [0.15, 0.2) is 24.3 Å². The van der Waals surface area contributed by atoms with Gasteiger partial charge in [0, 0.05) is 25.2 Å². The number of hydrogen-bond acceptors (Lipinski definition) is 2. The van der Waals surface area contributed by atoms with E-state index in [1.54, 1.807) is 4.90 Å².